The molecule has 0 bridgehead atoms. The van der Waals surface area contributed by atoms with Crippen LogP contribution < -0.4 is 0 Å². The first kappa shape index (κ1) is 16.8. The Morgan fingerprint density at radius 2 is 1.86 bits per heavy atom. The van der Waals surface area contributed by atoms with Gasteiger partial charge < -0.3 is 9.84 Å². The second-order valence-corrected chi connectivity index (χ2v) is 7.48. The highest BCUT2D eigenvalue weighted by Gasteiger charge is 2.44. The molecule has 1 N–H and O–H groups in total. The zero-order valence-corrected chi connectivity index (χ0v) is 14.3. The molecule has 0 saturated heterocycles. The van der Waals surface area contributed by atoms with Crippen molar-refractivity contribution >= 4 is 11.6 Å². The van der Waals surface area contributed by atoms with Gasteiger partial charge >= 0.3 is 0 Å². The summed E-state index contributed by atoms with van der Waals surface area (Å²) in [6.07, 6.45) is 3.31. The highest BCUT2D eigenvalue weighted by atomic mass is 35.5. The Bertz CT molecular complexity index is 486. The van der Waals surface area contributed by atoms with Crippen molar-refractivity contribution in [3.63, 3.8) is 0 Å². The van der Waals surface area contributed by atoms with Crippen LogP contribution in [0.1, 0.15) is 63.7 Å². The number of benzene rings is 1. The summed E-state index contributed by atoms with van der Waals surface area (Å²) < 4.78 is 6.06. The predicted molar refractivity (Wildman–Crippen MR) is 87.8 cm³/mol. The zero-order valence-electron chi connectivity index (χ0n) is 13.6. The van der Waals surface area contributed by atoms with Gasteiger partial charge in [0.1, 0.15) is 6.10 Å². The van der Waals surface area contributed by atoms with Gasteiger partial charge in [0, 0.05) is 11.6 Å². The van der Waals surface area contributed by atoms with E-state index in [1.165, 1.54) is 0 Å². The molecule has 1 fully saturated rings. The van der Waals surface area contributed by atoms with Crippen molar-refractivity contribution in [3.8, 4) is 0 Å². The molecule has 3 heteroatoms. The molecule has 0 aliphatic heterocycles. The minimum absolute atomic E-state index is 0.339. The molecule has 1 saturated carbocycles. The molecule has 2 nitrogen and oxygen atoms in total. The summed E-state index contributed by atoms with van der Waals surface area (Å²) in [5, 5.41) is 11.6. The fourth-order valence-electron chi connectivity index (χ4n) is 3.22. The Labute approximate surface area is 133 Å². The molecule has 118 valence electrons. The quantitative estimate of drug-likeness (QED) is 0.842. The average molecular weight is 311 g/mol. The molecule has 21 heavy (non-hydrogen) atoms. The van der Waals surface area contributed by atoms with Crippen LogP contribution in [0.4, 0.5) is 0 Å². The van der Waals surface area contributed by atoms with Crippen LogP contribution in [0, 0.1) is 12.3 Å². The van der Waals surface area contributed by atoms with Gasteiger partial charge in [0.2, 0.25) is 0 Å². The first-order valence-electron chi connectivity index (χ1n) is 7.88. The highest BCUT2D eigenvalue weighted by molar-refractivity contribution is 6.31. The third-order valence-corrected chi connectivity index (χ3v) is 5.30. The largest absolute Gasteiger partial charge is 0.385 e. The van der Waals surface area contributed by atoms with Gasteiger partial charge in [-0.3, -0.25) is 0 Å². The van der Waals surface area contributed by atoms with E-state index in [1.807, 2.05) is 32.0 Å². The van der Waals surface area contributed by atoms with Crippen molar-refractivity contribution in [1.82, 2.24) is 0 Å². The van der Waals surface area contributed by atoms with Crippen molar-refractivity contribution in [2.24, 2.45) is 5.41 Å². The van der Waals surface area contributed by atoms with Crippen LogP contribution in [-0.4, -0.2) is 17.3 Å². The number of halogens is 1. The van der Waals surface area contributed by atoms with Gasteiger partial charge in [-0.25, -0.2) is 0 Å². The fourth-order valence-corrected chi connectivity index (χ4v) is 3.41. The van der Waals surface area contributed by atoms with Crippen LogP contribution in [0.5, 0.6) is 0 Å². The topological polar surface area (TPSA) is 29.5 Å². The molecule has 0 heterocycles. The molecule has 1 aromatic rings. The van der Waals surface area contributed by atoms with Crippen LogP contribution in [0.15, 0.2) is 18.2 Å². The Balaban J connectivity index is 2.27. The van der Waals surface area contributed by atoms with Gasteiger partial charge in [-0.15, -0.1) is 0 Å². The molecule has 2 rings (SSSR count). The first-order chi connectivity index (χ1) is 9.80. The van der Waals surface area contributed by atoms with E-state index < -0.39 is 11.7 Å². The van der Waals surface area contributed by atoms with Crippen molar-refractivity contribution in [2.75, 3.05) is 6.61 Å². The Kier molecular flexibility index (Phi) is 5.02. The van der Waals surface area contributed by atoms with Crippen molar-refractivity contribution in [2.45, 2.75) is 65.1 Å². The van der Waals surface area contributed by atoms with Crippen LogP contribution >= 0.6 is 11.6 Å². The molecule has 0 amide bonds. The number of aryl methyl sites for hydroxylation is 1. The maximum absolute atomic E-state index is 10.9. The third kappa shape index (κ3) is 3.61. The summed E-state index contributed by atoms with van der Waals surface area (Å²) in [6.45, 7) is 9.17. The number of aliphatic hydroxyl groups excluding tert-OH is 1. The van der Waals surface area contributed by atoms with Crippen molar-refractivity contribution in [1.29, 1.82) is 0 Å². The van der Waals surface area contributed by atoms with Gasteiger partial charge in [-0.2, -0.15) is 0 Å². The Hall–Kier alpha value is -0.570. The number of hydrogen-bond donors (Lipinski definition) is 1. The van der Waals surface area contributed by atoms with E-state index in [0.29, 0.717) is 17.0 Å². The standard InChI is InChI=1S/C18H27ClO2/c1-5-21-18(10-8-17(3,4)9-11-18)16(20)14-7-6-13(2)15(19)12-14/h6-7,12,16,20H,5,8-11H2,1-4H3. The predicted octanol–water partition coefficient (Wildman–Crippen LogP) is 5.06. The van der Waals surface area contributed by atoms with Crippen molar-refractivity contribution in [3.05, 3.63) is 34.3 Å². The maximum atomic E-state index is 10.9. The molecular weight excluding hydrogens is 284 g/mol. The molecule has 1 unspecified atom stereocenters. The van der Waals surface area contributed by atoms with Gasteiger partial charge in [-0.1, -0.05) is 37.6 Å². The molecule has 0 aromatic heterocycles. The average Bonchev–Trinajstić information content (AvgIpc) is 2.44. The Morgan fingerprint density at radius 3 is 2.38 bits per heavy atom. The summed E-state index contributed by atoms with van der Waals surface area (Å²) in [7, 11) is 0. The van der Waals surface area contributed by atoms with E-state index >= 15 is 0 Å². The van der Waals surface area contributed by atoms with E-state index in [0.717, 1.165) is 36.8 Å². The summed E-state index contributed by atoms with van der Waals surface area (Å²) >= 11 is 6.21. The molecule has 1 aliphatic rings. The summed E-state index contributed by atoms with van der Waals surface area (Å²) in [5.41, 5.74) is 1.76. The summed E-state index contributed by atoms with van der Waals surface area (Å²) in [6, 6.07) is 5.81. The normalized spacial score (nSPS) is 22.0. The van der Waals surface area contributed by atoms with Crippen LogP contribution in [0.25, 0.3) is 0 Å². The van der Waals surface area contributed by atoms with E-state index in [1.54, 1.807) is 0 Å². The van der Waals surface area contributed by atoms with E-state index in [4.69, 9.17) is 16.3 Å². The van der Waals surface area contributed by atoms with Gasteiger partial charge in [0.05, 0.1) is 5.60 Å². The summed E-state index contributed by atoms with van der Waals surface area (Å²) in [4.78, 5) is 0. The van der Waals surface area contributed by atoms with Gasteiger partial charge in [0.15, 0.2) is 0 Å². The highest BCUT2D eigenvalue weighted by Crippen LogP contribution is 2.47. The second-order valence-electron chi connectivity index (χ2n) is 7.07. The first-order valence-corrected chi connectivity index (χ1v) is 8.25. The molecule has 1 atom stereocenters. The second kappa shape index (κ2) is 6.28. The lowest BCUT2D eigenvalue weighted by Gasteiger charge is -2.46. The van der Waals surface area contributed by atoms with Crippen LogP contribution in [-0.2, 0) is 4.74 Å². The molecular formula is C18H27ClO2. The summed E-state index contributed by atoms with van der Waals surface area (Å²) in [5.74, 6) is 0. The molecule has 1 aliphatic carbocycles. The lowest BCUT2D eigenvalue weighted by Crippen LogP contribution is -2.44. The van der Waals surface area contributed by atoms with Crippen molar-refractivity contribution < 1.29 is 9.84 Å². The molecule has 1 aromatic carbocycles. The van der Waals surface area contributed by atoms with Gasteiger partial charge in [-0.05, 0) is 62.1 Å². The van der Waals surface area contributed by atoms with E-state index in [-0.39, 0.29) is 0 Å². The minimum atomic E-state index is -0.619. The SMILES string of the molecule is CCOC1(C(O)c2ccc(C)c(Cl)c2)CCC(C)(C)CC1. The fraction of sp³-hybridized carbons (Fsp3) is 0.667. The number of hydrogen-bond acceptors (Lipinski definition) is 2. The van der Waals surface area contributed by atoms with Crippen LogP contribution in [0.2, 0.25) is 5.02 Å². The maximum Gasteiger partial charge on any atom is 0.108 e. The number of ether oxygens (including phenoxy) is 1. The smallest absolute Gasteiger partial charge is 0.108 e. The number of aliphatic hydroxyl groups is 1. The van der Waals surface area contributed by atoms with Crippen LogP contribution in [0.3, 0.4) is 0 Å². The molecule has 0 radical (unpaired) electrons. The number of rotatable bonds is 4. The zero-order chi connectivity index (χ0) is 15.7. The van der Waals surface area contributed by atoms with Gasteiger partial charge in [0.25, 0.3) is 0 Å². The third-order valence-electron chi connectivity index (χ3n) is 4.89. The lowest BCUT2D eigenvalue weighted by molar-refractivity contribution is -0.153. The lowest BCUT2D eigenvalue weighted by atomic mass is 9.68. The minimum Gasteiger partial charge on any atom is -0.385 e. The van der Waals surface area contributed by atoms with E-state index in [2.05, 4.69) is 13.8 Å². The monoisotopic (exact) mass is 310 g/mol. The molecule has 0 spiro atoms. The Morgan fingerprint density at radius 1 is 1.24 bits per heavy atom. The van der Waals surface area contributed by atoms with E-state index in [9.17, 15) is 5.11 Å².